The van der Waals surface area contributed by atoms with Crippen molar-refractivity contribution in [1.82, 2.24) is 24.9 Å². The minimum atomic E-state index is 0.496. The highest BCUT2D eigenvalue weighted by atomic mass is 15.4. The third-order valence-electron chi connectivity index (χ3n) is 3.05. The molecule has 1 aliphatic rings. The van der Waals surface area contributed by atoms with Crippen LogP contribution in [0.2, 0.25) is 0 Å². The highest BCUT2D eigenvalue weighted by Gasteiger charge is 2.19. The first kappa shape index (κ1) is 10.5. The number of anilines is 1. The quantitative estimate of drug-likeness (QED) is 0.763. The number of hydrogen-bond donors (Lipinski definition) is 1. The summed E-state index contributed by atoms with van der Waals surface area (Å²) in [6.45, 7) is 7.16. The molecule has 17 heavy (non-hydrogen) atoms. The minimum Gasteiger partial charge on any atom is -0.354 e. The fourth-order valence-corrected chi connectivity index (χ4v) is 2.28. The van der Waals surface area contributed by atoms with Gasteiger partial charge in [-0.2, -0.15) is 14.6 Å². The fourth-order valence-electron chi connectivity index (χ4n) is 2.28. The van der Waals surface area contributed by atoms with E-state index in [1.54, 1.807) is 6.33 Å². The third-order valence-corrected chi connectivity index (χ3v) is 3.05. The number of aryl methyl sites for hydroxylation is 1. The van der Waals surface area contributed by atoms with Gasteiger partial charge in [0.25, 0.3) is 5.78 Å². The Balaban J connectivity index is 2.06. The summed E-state index contributed by atoms with van der Waals surface area (Å²) in [5.41, 5.74) is 0.978. The second-order valence-electron chi connectivity index (χ2n) is 4.53. The Kier molecular flexibility index (Phi) is 2.44. The number of nitrogens with one attached hydrogen (secondary N) is 1. The topological polar surface area (TPSA) is 58.4 Å². The van der Waals surface area contributed by atoms with E-state index < -0.39 is 0 Å². The molecule has 0 aliphatic carbocycles. The smallest absolute Gasteiger partial charge is 0.254 e. The van der Waals surface area contributed by atoms with Crippen molar-refractivity contribution in [1.29, 1.82) is 0 Å². The predicted molar refractivity (Wildman–Crippen MR) is 65.2 cm³/mol. The van der Waals surface area contributed by atoms with E-state index in [9.17, 15) is 0 Å². The molecule has 90 valence electrons. The minimum absolute atomic E-state index is 0.496. The summed E-state index contributed by atoms with van der Waals surface area (Å²) in [6.07, 6.45) is 1.55. The fraction of sp³-hybridized carbons (Fsp3) is 0.545. The molecule has 1 saturated heterocycles. The molecule has 0 bridgehead atoms. The molecule has 1 N–H and O–H groups in total. The molecular formula is C11H16N6. The standard InChI is InChI=1S/C11H16N6/c1-8-5-10(16-4-3-12-9(2)6-16)17-11(15-8)13-7-14-17/h5,7,9,12H,3-4,6H2,1-2H3. The predicted octanol–water partition coefficient (Wildman–Crippen LogP) is 0.231. The van der Waals surface area contributed by atoms with Gasteiger partial charge in [-0.15, -0.1) is 0 Å². The van der Waals surface area contributed by atoms with E-state index in [-0.39, 0.29) is 0 Å². The molecule has 2 aromatic heterocycles. The molecule has 0 spiro atoms. The van der Waals surface area contributed by atoms with Gasteiger partial charge in [-0.3, -0.25) is 0 Å². The van der Waals surface area contributed by atoms with Gasteiger partial charge in [-0.1, -0.05) is 0 Å². The second kappa shape index (κ2) is 3.96. The Morgan fingerprint density at radius 1 is 1.47 bits per heavy atom. The third kappa shape index (κ3) is 1.84. The molecule has 0 amide bonds. The molecule has 0 aromatic carbocycles. The lowest BCUT2D eigenvalue weighted by molar-refractivity contribution is 0.480. The van der Waals surface area contributed by atoms with Crippen LogP contribution >= 0.6 is 0 Å². The molecule has 3 rings (SSSR count). The number of fused-ring (bicyclic) bond motifs is 1. The lowest BCUT2D eigenvalue weighted by atomic mass is 10.2. The van der Waals surface area contributed by atoms with Crippen LogP contribution in [-0.4, -0.2) is 45.3 Å². The molecule has 6 heteroatoms. The largest absolute Gasteiger partial charge is 0.354 e. The molecule has 1 aliphatic heterocycles. The van der Waals surface area contributed by atoms with E-state index in [4.69, 9.17) is 0 Å². The molecule has 3 heterocycles. The first-order valence-corrected chi connectivity index (χ1v) is 5.90. The average molecular weight is 232 g/mol. The van der Waals surface area contributed by atoms with Crippen molar-refractivity contribution in [2.24, 2.45) is 0 Å². The monoisotopic (exact) mass is 232 g/mol. The summed E-state index contributed by atoms with van der Waals surface area (Å²) in [5.74, 6) is 1.75. The summed E-state index contributed by atoms with van der Waals surface area (Å²) in [4.78, 5) is 10.8. The van der Waals surface area contributed by atoms with Crippen molar-refractivity contribution in [3.63, 3.8) is 0 Å². The average Bonchev–Trinajstić information content (AvgIpc) is 2.75. The Bertz CT molecular complexity index is 534. The van der Waals surface area contributed by atoms with Crippen molar-refractivity contribution in [2.75, 3.05) is 24.5 Å². The highest BCUT2D eigenvalue weighted by molar-refractivity contribution is 5.47. The Morgan fingerprint density at radius 2 is 2.35 bits per heavy atom. The number of rotatable bonds is 1. The number of aromatic nitrogens is 4. The van der Waals surface area contributed by atoms with Gasteiger partial charge in [0.2, 0.25) is 0 Å². The molecule has 1 fully saturated rings. The van der Waals surface area contributed by atoms with Crippen LogP contribution in [0, 0.1) is 6.92 Å². The molecule has 2 aromatic rings. The molecular weight excluding hydrogens is 216 g/mol. The summed E-state index contributed by atoms with van der Waals surface area (Å²) < 4.78 is 1.81. The van der Waals surface area contributed by atoms with Crippen molar-refractivity contribution < 1.29 is 0 Å². The Labute approximate surface area is 99.7 Å². The molecule has 6 nitrogen and oxygen atoms in total. The van der Waals surface area contributed by atoms with Gasteiger partial charge in [-0.25, -0.2) is 4.98 Å². The summed E-state index contributed by atoms with van der Waals surface area (Å²) in [6, 6.07) is 2.57. The zero-order valence-electron chi connectivity index (χ0n) is 10.1. The van der Waals surface area contributed by atoms with E-state index in [0.717, 1.165) is 31.1 Å². The van der Waals surface area contributed by atoms with Crippen LogP contribution in [0.15, 0.2) is 12.4 Å². The van der Waals surface area contributed by atoms with Crippen LogP contribution < -0.4 is 10.2 Å². The van der Waals surface area contributed by atoms with E-state index in [2.05, 4.69) is 38.3 Å². The van der Waals surface area contributed by atoms with Crippen LogP contribution in [0.1, 0.15) is 12.6 Å². The van der Waals surface area contributed by atoms with E-state index in [1.807, 2.05) is 11.4 Å². The van der Waals surface area contributed by atoms with E-state index in [0.29, 0.717) is 11.8 Å². The van der Waals surface area contributed by atoms with Crippen LogP contribution in [-0.2, 0) is 0 Å². The van der Waals surface area contributed by atoms with Gasteiger partial charge in [0, 0.05) is 37.4 Å². The van der Waals surface area contributed by atoms with Gasteiger partial charge in [0.05, 0.1) is 0 Å². The SMILES string of the molecule is Cc1cc(N2CCNC(C)C2)n2ncnc2n1. The molecule has 1 atom stereocenters. The normalized spacial score (nSPS) is 21.1. The maximum Gasteiger partial charge on any atom is 0.254 e. The van der Waals surface area contributed by atoms with Crippen molar-refractivity contribution >= 4 is 11.6 Å². The van der Waals surface area contributed by atoms with Gasteiger partial charge < -0.3 is 10.2 Å². The van der Waals surface area contributed by atoms with Crippen molar-refractivity contribution in [3.8, 4) is 0 Å². The summed E-state index contributed by atoms with van der Waals surface area (Å²) in [5, 5.41) is 7.68. The maximum atomic E-state index is 4.36. The Hall–Kier alpha value is -1.69. The van der Waals surface area contributed by atoms with Crippen LogP contribution in [0.25, 0.3) is 5.78 Å². The van der Waals surface area contributed by atoms with Crippen LogP contribution in [0.5, 0.6) is 0 Å². The van der Waals surface area contributed by atoms with E-state index >= 15 is 0 Å². The van der Waals surface area contributed by atoms with Crippen molar-refractivity contribution in [2.45, 2.75) is 19.9 Å². The summed E-state index contributed by atoms with van der Waals surface area (Å²) in [7, 11) is 0. The lowest BCUT2D eigenvalue weighted by Gasteiger charge is -2.33. The molecule has 0 saturated carbocycles. The second-order valence-corrected chi connectivity index (χ2v) is 4.53. The van der Waals surface area contributed by atoms with Crippen LogP contribution in [0.3, 0.4) is 0 Å². The lowest BCUT2D eigenvalue weighted by Crippen LogP contribution is -2.49. The molecule has 1 unspecified atom stereocenters. The number of nitrogens with zero attached hydrogens (tertiary/aromatic N) is 5. The first-order valence-electron chi connectivity index (χ1n) is 5.90. The van der Waals surface area contributed by atoms with Crippen LogP contribution in [0.4, 0.5) is 5.82 Å². The highest BCUT2D eigenvalue weighted by Crippen LogP contribution is 2.17. The molecule has 0 radical (unpaired) electrons. The van der Waals surface area contributed by atoms with E-state index in [1.165, 1.54) is 0 Å². The maximum absolute atomic E-state index is 4.36. The van der Waals surface area contributed by atoms with Gasteiger partial charge in [0.1, 0.15) is 12.1 Å². The first-order chi connectivity index (χ1) is 8.24. The van der Waals surface area contributed by atoms with Gasteiger partial charge >= 0.3 is 0 Å². The number of piperazine rings is 1. The number of hydrogen-bond acceptors (Lipinski definition) is 5. The summed E-state index contributed by atoms with van der Waals surface area (Å²) >= 11 is 0. The Morgan fingerprint density at radius 3 is 3.18 bits per heavy atom. The zero-order chi connectivity index (χ0) is 11.8. The zero-order valence-corrected chi connectivity index (χ0v) is 10.1. The van der Waals surface area contributed by atoms with Gasteiger partial charge in [-0.05, 0) is 13.8 Å². The van der Waals surface area contributed by atoms with Gasteiger partial charge in [0.15, 0.2) is 0 Å². The van der Waals surface area contributed by atoms with Crippen molar-refractivity contribution in [3.05, 3.63) is 18.1 Å².